The first-order valence-electron chi connectivity index (χ1n) is 4.60. The number of benzene rings is 1. The molecule has 15 heavy (non-hydrogen) atoms. The van der Waals surface area contributed by atoms with Gasteiger partial charge in [-0.2, -0.15) is 0 Å². The van der Waals surface area contributed by atoms with Gasteiger partial charge in [-0.25, -0.2) is 4.79 Å². The molecule has 0 saturated heterocycles. The van der Waals surface area contributed by atoms with Gasteiger partial charge >= 0.3 is 6.09 Å². The minimum absolute atomic E-state index is 0.237. The highest BCUT2D eigenvalue weighted by Gasteiger charge is 2.22. The summed E-state index contributed by atoms with van der Waals surface area (Å²) in [6.07, 6.45) is -0.738. The molecule has 0 unspecified atom stereocenters. The summed E-state index contributed by atoms with van der Waals surface area (Å²) in [6, 6.07) is 7.90. The van der Waals surface area contributed by atoms with Crippen molar-refractivity contribution in [3.63, 3.8) is 0 Å². The topological polar surface area (TPSA) is 52.3 Å². The highest BCUT2D eigenvalue weighted by molar-refractivity contribution is 9.10. The number of ether oxygens (including phenoxy) is 1. The van der Waals surface area contributed by atoms with Gasteiger partial charge in [0, 0.05) is 9.89 Å². The van der Waals surface area contributed by atoms with Gasteiger partial charge in [-0.15, -0.1) is 0 Å². The van der Waals surface area contributed by atoms with E-state index >= 15 is 0 Å². The predicted molar refractivity (Wildman–Crippen MR) is 62.7 cm³/mol. The Kier molecular flexibility index (Phi) is 3.74. The first-order valence-corrected chi connectivity index (χ1v) is 5.39. The number of amides is 1. The van der Waals surface area contributed by atoms with Crippen LogP contribution in [-0.2, 0) is 10.2 Å². The molecule has 3 nitrogen and oxygen atoms in total. The van der Waals surface area contributed by atoms with Gasteiger partial charge in [0.15, 0.2) is 0 Å². The monoisotopic (exact) mass is 271 g/mol. The molecule has 4 heteroatoms. The van der Waals surface area contributed by atoms with Crippen molar-refractivity contribution in [1.29, 1.82) is 0 Å². The van der Waals surface area contributed by atoms with Crippen LogP contribution in [0, 0.1) is 0 Å². The molecule has 0 aliphatic carbocycles. The van der Waals surface area contributed by atoms with Gasteiger partial charge in [0.25, 0.3) is 0 Å². The Morgan fingerprint density at radius 3 is 2.73 bits per heavy atom. The maximum Gasteiger partial charge on any atom is 0.404 e. The average Bonchev–Trinajstić information content (AvgIpc) is 2.15. The normalized spacial score (nSPS) is 11.1. The smallest absolute Gasteiger partial charge is 0.404 e. The fraction of sp³-hybridized carbons (Fsp3) is 0.364. The third-order valence-corrected chi connectivity index (χ3v) is 2.67. The molecule has 1 rings (SSSR count). The van der Waals surface area contributed by atoms with E-state index in [4.69, 9.17) is 10.5 Å². The zero-order valence-corrected chi connectivity index (χ0v) is 10.4. The van der Waals surface area contributed by atoms with Crippen LogP contribution in [0.1, 0.15) is 19.4 Å². The molecule has 1 amide bonds. The van der Waals surface area contributed by atoms with Gasteiger partial charge in [0.2, 0.25) is 0 Å². The number of hydrogen-bond donors (Lipinski definition) is 1. The highest BCUT2D eigenvalue weighted by atomic mass is 79.9. The van der Waals surface area contributed by atoms with Gasteiger partial charge < -0.3 is 10.5 Å². The Bertz CT molecular complexity index is 363. The van der Waals surface area contributed by atoms with Crippen LogP contribution in [0.25, 0.3) is 0 Å². The number of primary amides is 1. The molecule has 0 bridgehead atoms. The zero-order valence-electron chi connectivity index (χ0n) is 8.79. The zero-order chi connectivity index (χ0) is 11.5. The molecule has 0 aromatic heterocycles. The van der Waals surface area contributed by atoms with Gasteiger partial charge in [0.05, 0.1) is 0 Å². The Morgan fingerprint density at radius 2 is 2.20 bits per heavy atom. The number of halogens is 1. The highest BCUT2D eigenvalue weighted by Crippen LogP contribution is 2.25. The Hall–Kier alpha value is -1.03. The summed E-state index contributed by atoms with van der Waals surface area (Å²) in [6.45, 7) is 4.27. The van der Waals surface area contributed by atoms with Crippen molar-refractivity contribution in [2.45, 2.75) is 19.3 Å². The molecule has 2 N–H and O–H groups in total. The number of nitrogens with two attached hydrogens (primary N) is 1. The lowest BCUT2D eigenvalue weighted by Crippen LogP contribution is -2.28. The minimum atomic E-state index is -0.738. The van der Waals surface area contributed by atoms with E-state index in [1.165, 1.54) is 0 Å². The lowest BCUT2D eigenvalue weighted by atomic mass is 9.86. The van der Waals surface area contributed by atoms with Gasteiger partial charge in [-0.05, 0) is 17.7 Å². The van der Waals surface area contributed by atoms with Crippen LogP contribution < -0.4 is 5.73 Å². The number of rotatable bonds is 3. The van der Waals surface area contributed by atoms with Crippen molar-refractivity contribution in [1.82, 2.24) is 0 Å². The molecule has 0 atom stereocenters. The third-order valence-electron chi connectivity index (χ3n) is 2.18. The summed E-state index contributed by atoms with van der Waals surface area (Å²) in [4.78, 5) is 10.5. The van der Waals surface area contributed by atoms with E-state index < -0.39 is 6.09 Å². The predicted octanol–water partition coefficient (Wildman–Crippen LogP) is 2.82. The summed E-state index contributed by atoms with van der Waals surface area (Å²) in [7, 11) is 0. The largest absolute Gasteiger partial charge is 0.449 e. The molecule has 1 aromatic rings. The van der Waals surface area contributed by atoms with E-state index in [1.807, 2.05) is 38.1 Å². The average molecular weight is 272 g/mol. The molecule has 0 aliphatic rings. The fourth-order valence-corrected chi connectivity index (χ4v) is 1.64. The van der Waals surface area contributed by atoms with E-state index in [1.54, 1.807) is 0 Å². The third kappa shape index (κ3) is 3.55. The van der Waals surface area contributed by atoms with Crippen molar-refractivity contribution < 1.29 is 9.53 Å². The molecule has 0 aliphatic heterocycles. The van der Waals surface area contributed by atoms with Crippen LogP contribution in [-0.4, -0.2) is 12.7 Å². The molecule has 0 spiro atoms. The van der Waals surface area contributed by atoms with Crippen LogP contribution in [0.4, 0.5) is 4.79 Å². The molecule has 0 radical (unpaired) electrons. The van der Waals surface area contributed by atoms with Crippen molar-refractivity contribution in [2.75, 3.05) is 6.61 Å². The van der Waals surface area contributed by atoms with Crippen LogP contribution in [0.15, 0.2) is 28.7 Å². The van der Waals surface area contributed by atoms with Crippen LogP contribution in [0.2, 0.25) is 0 Å². The number of carbonyl (C=O) groups excluding carboxylic acids is 1. The summed E-state index contributed by atoms with van der Waals surface area (Å²) in [5.41, 5.74) is 5.80. The minimum Gasteiger partial charge on any atom is -0.449 e. The number of hydrogen-bond acceptors (Lipinski definition) is 2. The molecule has 0 saturated carbocycles. The van der Waals surface area contributed by atoms with Crippen molar-refractivity contribution >= 4 is 22.0 Å². The van der Waals surface area contributed by atoms with E-state index in [9.17, 15) is 4.79 Å². The van der Waals surface area contributed by atoms with Crippen molar-refractivity contribution in [3.05, 3.63) is 34.3 Å². The summed E-state index contributed by atoms with van der Waals surface area (Å²) < 4.78 is 5.83. The summed E-state index contributed by atoms with van der Waals surface area (Å²) in [5, 5.41) is 0. The fourth-order valence-electron chi connectivity index (χ4n) is 1.24. The number of carbonyl (C=O) groups is 1. The lowest BCUT2D eigenvalue weighted by molar-refractivity contribution is 0.133. The summed E-state index contributed by atoms with van der Waals surface area (Å²) in [5.74, 6) is 0. The SMILES string of the molecule is CC(C)(COC(N)=O)c1cccc(Br)c1. The van der Waals surface area contributed by atoms with E-state index in [0.29, 0.717) is 0 Å². The van der Waals surface area contributed by atoms with E-state index in [2.05, 4.69) is 15.9 Å². The van der Waals surface area contributed by atoms with Gasteiger partial charge in [0.1, 0.15) is 6.61 Å². The maximum absolute atomic E-state index is 10.5. The Morgan fingerprint density at radius 1 is 1.53 bits per heavy atom. The maximum atomic E-state index is 10.5. The van der Waals surface area contributed by atoms with Gasteiger partial charge in [-0.1, -0.05) is 41.9 Å². The molecule has 82 valence electrons. The van der Waals surface area contributed by atoms with Crippen molar-refractivity contribution in [2.24, 2.45) is 5.73 Å². The molecular formula is C11H14BrNO2. The molecule has 1 aromatic carbocycles. The van der Waals surface area contributed by atoms with E-state index in [-0.39, 0.29) is 12.0 Å². The lowest BCUT2D eigenvalue weighted by Gasteiger charge is -2.24. The second kappa shape index (κ2) is 4.66. The first kappa shape index (κ1) is 12.0. The standard InChI is InChI=1S/C11H14BrNO2/c1-11(2,7-15-10(13)14)8-4-3-5-9(12)6-8/h3-6H,7H2,1-2H3,(H2,13,14). The van der Waals surface area contributed by atoms with Crippen LogP contribution in [0.3, 0.4) is 0 Å². The van der Waals surface area contributed by atoms with Gasteiger partial charge in [-0.3, -0.25) is 0 Å². The Labute approximate surface area is 97.7 Å². The Balaban J connectivity index is 2.80. The van der Waals surface area contributed by atoms with E-state index in [0.717, 1.165) is 10.0 Å². The molecule has 0 heterocycles. The van der Waals surface area contributed by atoms with Crippen LogP contribution in [0.5, 0.6) is 0 Å². The second-order valence-electron chi connectivity index (χ2n) is 4.00. The van der Waals surface area contributed by atoms with Crippen molar-refractivity contribution in [3.8, 4) is 0 Å². The molecule has 0 fully saturated rings. The summed E-state index contributed by atoms with van der Waals surface area (Å²) >= 11 is 3.40. The van der Waals surface area contributed by atoms with Crippen LogP contribution >= 0.6 is 15.9 Å². The first-order chi connectivity index (χ1) is 6.92. The second-order valence-corrected chi connectivity index (χ2v) is 4.92. The quantitative estimate of drug-likeness (QED) is 0.919. The molecular weight excluding hydrogens is 258 g/mol.